The third-order valence-electron chi connectivity index (χ3n) is 6.21. The number of likely N-dealkylation sites (tertiary alicyclic amines) is 1. The topological polar surface area (TPSA) is 71.3 Å². The SMILES string of the molecule is CC(C)c1cccc(C(C)C)c1NC(=O)N1CCCC(c2nc(-c3ccc(F)cc3)no2)C1. The molecule has 2 heterocycles. The van der Waals surface area contributed by atoms with Crippen molar-refractivity contribution in [2.75, 3.05) is 18.4 Å². The number of para-hydroxylation sites is 1. The van der Waals surface area contributed by atoms with E-state index in [2.05, 4.69) is 61.4 Å². The van der Waals surface area contributed by atoms with Crippen LogP contribution in [-0.2, 0) is 0 Å². The Morgan fingerprint density at radius 1 is 1.09 bits per heavy atom. The van der Waals surface area contributed by atoms with Gasteiger partial charge in [-0.25, -0.2) is 9.18 Å². The molecule has 174 valence electrons. The summed E-state index contributed by atoms with van der Waals surface area (Å²) in [5.74, 6) is 1.20. The molecule has 4 rings (SSSR count). The van der Waals surface area contributed by atoms with Crippen molar-refractivity contribution < 1.29 is 13.7 Å². The normalized spacial score (nSPS) is 16.5. The van der Waals surface area contributed by atoms with Gasteiger partial charge in [0.05, 0.1) is 5.92 Å². The highest BCUT2D eigenvalue weighted by atomic mass is 19.1. The van der Waals surface area contributed by atoms with E-state index in [0.29, 0.717) is 42.2 Å². The summed E-state index contributed by atoms with van der Waals surface area (Å²) in [6.07, 6.45) is 1.73. The molecule has 6 nitrogen and oxygen atoms in total. The number of carbonyl (C=O) groups is 1. The van der Waals surface area contributed by atoms with E-state index in [1.54, 1.807) is 12.1 Å². The molecule has 2 amide bonds. The van der Waals surface area contributed by atoms with Crippen molar-refractivity contribution in [1.82, 2.24) is 15.0 Å². The van der Waals surface area contributed by atoms with Gasteiger partial charge in [0.1, 0.15) is 5.82 Å². The minimum absolute atomic E-state index is 0.0314. The highest BCUT2D eigenvalue weighted by molar-refractivity contribution is 5.91. The van der Waals surface area contributed by atoms with Gasteiger partial charge in [0.25, 0.3) is 0 Å². The predicted molar refractivity (Wildman–Crippen MR) is 127 cm³/mol. The zero-order chi connectivity index (χ0) is 23.5. The molecule has 1 aliphatic rings. The fraction of sp³-hybridized carbons (Fsp3) is 0.423. The first-order valence-corrected chi connectivity index (χ1v) is 11.6. The predicted octanol–water partition coefficient (Wildman–Crippen LogP) is 6.53. The Hall–Kier alpha value is -3.22. The molecule has 0 bridgehead atoms. The summed E-state index contributed by atoms with van der Waals surface area (Å²) in [7, 11) is 0. The number of halogens is 1. The summed E-state index contributed by atoms with van der Waals surface area (Å²) in [6, 6.07) is 12.1. The molecule has 33 heavy (non-hydrogen) atoms. The second-order valence-electron chi connectivity index (χ2n) is 9.30. The summed E-state index contributed by atoms with van der Waals surface area (Å²) in [6.45, 7) is 9.75. The molecular weight excluding hydrogens is 419 g/mol. The molecule has 1 aromatic heterocycles. The fourth-order valence-corrected chi connectivity index (χ4v) is 4.36. The van der Waals surface area contributed by atoms with Crippen molar-refractivity contribution in [3.05, 3.63) is 65.3 Å². The van der Waals surface area contributed by atoms with Gasteiger partial charge in [0.15, 0.2) is 0 Å². The molecule has 3 aromatic rings. The molecule has 2 aromatic carbocycles. The van der Waals surface area contributed by atoms with Crippen LogP contribution in [0.5, 0.6) is 0 Å². The van der Waals surface area contributed by atoms with Gasteiger partial charge in [-0.3, -0.25) is 0 Å². The maximum absolute atomic E-state index is 13.3. The van der Waals surface area contributed by atoms with Crippen molar-refractivity contribution in [2.24, 2.45) is 0 Å². The lowest BCUT2D eigenvalue weighted by atomic mass is 9.92. The molecule has 7 heteroatoms. The Morgan fingerprint density at radius 3 is 2.39 bits per heavy atom. The number of hydrogen-bond donors (Lipinski definition) is 1. The standard InChI is InChI=1S/C26H31FN4O2/c1-16(2)21-8-5-9-22(17(3)4)23(21)28-26(32)31-14-6-7-19(15-31)25-29-24(30-33-25)18-10-12-20(27)13-11-18/h5,8-13,16-17,19H,6-7,14-15H2,1-4H3,(H,28,32). The number of urea groups is 1. The van der Waals surface area contributed by atoms with Crippen LogP contribution in [0.2, 0.25) is 0 Å². The third-order valence-corrected chi connectivity index (χ3v) is 6.21. The highest BCUT2D eigenvalue weighted by Crippen LogP contribution is 2.33. The van der Waals surface area contributed by atoms with Crippen LogP contribution in [0.4, 0.5) is 14.9 Å². The van der Waals surface area contributed by atoms with Crippen LogP contribution in [-0.4, -0.2) is 34.2 Å². The van der Waals surface area contributed by atoms with Gasteiger partial charge in [-0.1, -0.05) is 51.1 Å². The second kappa shape index (κ2) is 9.73. The van der Waals surface area contributed by atoms with E-state index in [0.717, 1.165) is 29.7 Å². The molecule has 1 atom stereocenters. The van der Waals surface area contributed by atoms with Gasteiger partial charge in [-0.05, 0) is 60.1 Å². The molecule has 1 fully saturated rings. The lowest BCUT2D eigenvalue weighted by Gasteiger charge is -2.32. The van der Waals surface area contributed by atoms with Crippen LogP contribution < -0.4 is 5.32 Å². The van der Waals surface area contributed by atoms with Gasteiger partial charge in [0.2, 0.25) is 11.7 Å². The van der Waals surface area contributed by atoms with Crippen LogP contribution >= 0.6 is 0 Å². The highest BCUT2D eigenvalue weighted by Gasteiger charge is 2.29. The zero-order valence-corrected chi connectivity index (χ0v) is 19.6. The summed E-state index contributed by atoms with van der Waals surface area (Å²) in [5, 5.41) is 7.27. The lowest BCUT2D eigenvalue weighted by Crippen LogP contribution is -2.42. The summed E-state index contributed by atoms with van der Waals surface area (Å²) >= 11 is 0. The summed E-state index contributed by atoms with van der Waals surface area (Å²) in [4.78, 5) is 19.6. The fourth-order valence-electron chi connectivity index (χ4n) is 4.36. The second-order valence-corrected chi connectivity index (χ2v) is 9.30. The molecule has 1 saturated heterocycles. The van der Waals surface area contributed by atoms with E-state index in [1.165, 1.54) is 12.1 Å². The number of rotatable bonds is 5. The Labute approximate surface area is 194 Å². The average molecular weight is 451 g/mol. The van der Waals surface area contributed by atoms with Gasteiger partial charge in [-0.15, -0.1) is 0 Å². The molecule has 0 aliphatic carbocycles. The zero-order valence-electron chi connectivity index (χ0n) is 19.6. The van der Waals surface area contributed by atoms with Crippen molar-refractivity contribution >= 4 is 11.7 Å². The summed E-state index contributed by atoms with van der Waals surface area (Å²) < 4.78 is 18.7. The largest absolute Gasteiger partial charge is 0.339 e. The van der Waals surface area contributed by atoms with E-state index < -0.39 is 0 Å². The van der Waals surface area contributed by atoms with E-state index >= 15 is 0 Å². The van der Waals surface area contributed by atoms with Crippen LogP contribution in [0.3, 0.4) is 0 Å². The molecule has 0 saturated carbocycles. The quantitative estimate of drug-likeness (QED) is 0.479. The minimum atomic E-state index is -0.309. The molecule has 1 aliphatic heterocycles. The molecule has 0 spiro atoms. The third kappa shape index (κ3) is 5.07. The number of aromatic nitrogens is 2. The summed E-state index contributed by atoms with van der Waals surface area (Å²) in [5.41, 5.74) is 3.90. The number of nitrogens with one attached hydrogen (secondary N) is 1. The lowest BCUT2D eigenvalue weighted by molar-refractivity contribution is 0.184. The van der Waals surface area contributed by atoms with Gasteiger partial charge in [-0.2, -0.15) is 4.98 Å². The minimum Gasteiger partial charge on any atom is -0.339 e. The number of benzene rings is 2. The van der Waals surface area contributed by atoms with Crippen LogP contribution in [0.25, 0.3) is 11.4 Å². The number of anilines is 1. The van der Waals surface area contributed by atoms with Gasteiger partial charge < -0.3 is 14.7 Å². The van der Waals surface area contributed by atoms with Crippen LogP contribution in [0, 0.1) is 5.82 Å². The monoisotopic (exact) mass is 450 g/mol. The van der Waals surface area contributed by atoms with E-state index in [1.807, 2.05) is 4.90 Å². The smallest absolute Gasteiger partial charge is 0.321 e. The maximum Gasteiger partial charge on any atom is 0.321 e. The molecule has 0 radical (unpaired) electrons. The van der Waals surface area contributed by atoms with Crippen molar-refractivity contribution in [3.8, 4) is 11.4 Å². The Bertz CT molecular complexity index is 1080. The van der Waals surface area contributed by atoms with Gasteiger partial charge in [0, 0.05) is 24.3 Å². The van der Waals surface area contributed by atoms with Crippen LogP contribution in [0.1, 0.15) is 75.3 Å². The number of nitrogens with zero attached hydrogens (tertiary/aromatic N) is 3. The van der Waals surface area contributed by atoms with Gasteiger partial charge >= 0.3 is 6.03 Å². The first kappa shape index (κ1) is 23.0. The number of piperidine rings is 1. The first-order valence-electron chi connectivity index (χ1n) is 11.6. The number of carbonyl (C=O) groups excluding carboxylic acids is 1. The first-order chi connectivity index (χ1) is 15.8. The molecule has 1 unspecified atom stereocenters. The van der Waals surface area contributed by atoms with Crippen molar-refractivity contribution in [2.45, 2.75) is 58.3 Å². The van der Waals surface area contributed by atoms with Crippen molar-refractivity contribution in [3.63, 3.8) is 0 Å². The Balaban J connectivity index is 1.50. The number of amides is 2. The maximum atomic E-state index is 13.3. The van der Waals surface area contributed by atoms with E-state index in [9.17, 15) is 9.18 Å². The Kier molecular flexibility index (Phi) is 6.77. The number of hydrogen-bond acceptors (Lipinski definition) is 4. The van der Waals surface area contributed by atoms with Crippen molar-refractivity contribution in [1.29, 1.82) is 0 Å². The van der Waals surface area contributed by atoms with E-state index in [4.69, 9.17) is 4.52 Å². The molecule has 1 N–H and O–H groups in total. The van der Waals surface area contributed by atoms with E-state index in [-0.39, 0.29) is 17.8 Å². The van der Waals surface area contributed by atoms with Crippen LogP contribution in [0.15, 0.2) is 47.0 Å². The average Bonchev–Trinajstić information content (AvgIpc) is 3.30. The molecular formula is C26H31FN4O2. The Morgan fingerprint density at radius 2 is 1.76 bits per heavy atom.